The van der Waals surface area contributed by atoms with E-state index in [4.69, 9.17) is 0 Å². The molecule has 1 atom stereocenters. The number of rotatable bonds is 7. The lowest BCUT2D eigenvalue weighted by Gasteiger charge is -2.35. The van der Waals surface area contributed by atoms with E-state index in [2.05, 4.69) is 231 Å². The molecule has 3 aliphatic rings. The number of fused-ring (bicyclic) bond motifs is 5. The molecule has 8 aromatic rings. The molecule has 1 heteroatoms. The van der Waals surface area contributed by atoms with Crippen LogP contribution in [0.15, 0.2) is 218 Å². The van der Waals surface area contributed by atoms with Gasteiger partial charge in [-0.25, -0.2) is 0 Å². The quantitative estimate of drug-likeness (QED) is 0.157. The molecule has 0 aromatic heterocycles. The highest BCUT2D eigenvalue weighted by Gasteiger charge is 2.47. The summed E-state index contributed by atoms with van der Waals surface area (Å²) in [6, 6.07) is 74.2. The summed E-state index contributed by atoms with van der Waals surface area (Å²) < 4.78 is 0. The zero-order chi connectivity index (χ0) is 39.6. The second kappa shape index (κ2) is 13.9. The van der Waals surface area contributed by atoms with Crippen LogP contribution in [-0.4, -0.2) is 0 Å². The Balaban J connectivity index is 0.918. The number of benzene rings is 8. The van der Waals surface area contributed by atoms with Crippen LogP contribution in [0.2, 0.25) is 0 Å². The molecule has 0 fully saturated rings. The van der Waals surface area contributed by atoms with Crippen LogP contribution in [0.25, 0.3) is 39.0 Å². The maximum atomic E-state index is 2.40. The Morgan fingerprint density at radius 2 is 0.898 bits per heavy atom. The maximum Gasteiger partial charge on any atom is 0.0710 e. The number of allylic oxidation sites excluding steroid dienone is 4. The Morgan fingerprint density at radius 1 is 0.407 bits per heavy atom. The van der Waals surface area contributed by atoms with Gasteiger partial charge in [0.1, 0.15) is 0 Å². The van der Waals surface area contributed by atoms with Gasteiger partial charge in [0, 0.05) is 22.5 Å². The van der Waals surface area contributed by atoms with E-state index in [9.17, 15) is 0 Å². The monoisotopic (exact) mass is 755 g/mol. The fourth-order valence-corrected chi connectivity index (χ4v) is 10.4. The Bertz CT molecular complexity index is 2910. The minimum absolute atomic E-state index is 0.0267. The molecule has 0 bridgehead atoms. The number of hydrogen-bond acceptors (Lipinski definition) is 1. The first-order valence-electron chi connectivity index (χ1n) is 21.0. The summed E-state index contributed by atoms with van der Waals surface area (Å²) in [4.78, 5) is 2.35. The lowest BCUT2D eigenvalue weighted by molar-refractivity contribution is 0.660. The van der Waals surface area contributed by atoms with Crippen molar-refractivity contribution in [3.8, 4) is 33.4 Å². The van der Waals surface area contributed by atoms with Crippen LogP contribution in [0.1, 0.15) is 60.1 Å². The third-order valence-electron chi connectivity index (χ3n) is 13.3. The molecule has 0 heterocycles. The molecule has 0 spiro atoms. The second-order valence-corrected chi connectivity index (χ2v) is 16.8. The van der Waals surface area contributed by atoms with Crippen LogP contribution in [0.3, 0.4) is 0 Å². The topological polar surface area (TPSA) is 3.24 Å². The largest absolute Gasteiger partial charge is 0.311 e. The van der Waals surface area contributed by atoms with Crippen LogP contribution in [-0.2, 0) is 10.8 Å². The van der Waals surface area contributed by atoms with E-state index in [-0.39, 0.29) is 10.8 Å². The molecule has 0 saturated carbocycles. The molecule has 0 saturated heterocycles. The summed E-state index contributed by atoms with van der Waals surface area (Å²) >= 11 is 0. The van der Waals surface area contributed by atoms with E-state index in [1.807, 2.05) is 0 Å². The molecule has 0 N–H and O–H groups in total. The van der Waals surface area contributed by atoms with E-state index >= 15 is 0 Å². The van der Waals surface area contributed by atoms with Crippen molar-refractivity contribution in [1.82, 2.24) is 0 Å². The zero-order valence-electron chi connectivity index (χ0n) is 33.6. The molecular weight excluding hydrogens is 711 g/mol. The summed E-state index contributed by atoms with van der Waals surface area (Å²) in [7, 11) is 0. The third-order valence-corrected chi connectivity index (χ3v) is 13.3. The second-order valence-electron chi connectivity index (χ2n) is 16.8. The molecule has 8 aromatic carbocycles. The van der Waals surface area contributed by atoms with Gasteiger partial charge in [-0.1, -0.05) is 184 Å². The minimum Gasteiger partial charge on any atom is -0.311 e. The van der Waals surface area contributed by atoms with E-state index in [0.29, 0.717) is 0 Å². The number of para-hydroxylation sites is 1. The van der Waals surface area contributed by atoms with Crippen LogP contribution >= 0.6 is 0 Å². The Labute approximate surface area is 348 Å². The van der Waals surface area contributed by atoms with E-state index in [1.54, 1.807) is 0 Å². The zero-order valence-corrected chi connectivity index (χ0v) is 33.6. The normalized spacial score (nSPS) is 16.9. The molecule has 3 aliphatic carbocycles. The van der Waals surface area contributed by atoms with Crippen molar-refractivity contribution < 1.29 is 0 Å². The van der Waals surface area contributed by atoms with Gasteiger partial charge in [0.2, 0.25) is 0 Å². The Kier molecular flexibility index (Phi) is 8.27. The maximum absolute atomic E-state index is 2.40. The van der Waals surface area contributed by atoms with Crippen molar-refractivity contribution in [2.45, 2.75) is 37.5 Å². The fraction of sp³-hybridized carbons (Fsp3) is 0.103. The van der Waals surface area contributed by atoms with Crippen molar-refractivity contribution in [3.05, 3.63) is 251 Å². The van der Waals surface area contributed by atoms with Gasteiger partial charge in [-0.2, -0.15) is 0 Å². The summed E-state index contributed by atoms with van der Waals surface area (Å²) in [6.45, 7) is 4.70. The average molecular weight is 756 g/mol. The Morgan fingerprint density at radius 3 is 1.58 bits per heavy atom. The van der Waals surface area contributed by atoms with Gasteiger partial charge in [0.25, 0.3) is 0 Å². The minimum atomic E-state index is -0.346. The SMILES string of the molecule is CC1(C)c2ccccc2-c2ccc(-c3ccc(N(c4ccccc4)c4ccc(-c5ccc(C6(c7ccccc7)C7=C(CCC=C7)c7ccccc76)cc5)cc4)cc3)cc21. The lowest BCUT2D eigenvalue weighted by atomic mass is 9.66. The Hall–Kier alpha value is -6.96. The van der Waals surface area contributed by atoms with Crippen LogP contribution < -0.4 is 4.90 Å². The molecule has 282 valence electrons. The van der Waals surface area contributed by atoms with Crippen molar-refractivity contribution in [2.24, 2.45) is 0 Å². The predicted molar refractivity (Wildman–Crippen MR) is 248 cm³/mol. The van der Waals surface area contributed by atoms with Crippen LogP contribution in [0.5, 0.6) is 0 Å². The molecule has 11 rings (SSSR count). The van der Waals surface area contributed by atoms with Gasteiger partial charge in [-0.15, -0.1) is 0 Å². The van der Waals surface area contributed by atoms with Gasteiger partial charge in [-0.3, -0.25) is 0 Å². The van der Waals surface area contributed by atoms with E-state index in [0.717, 1.165) is 29.9 Å². The van der Waals surface area contributed by atoms with Gasteiger partial charge in [0.05, 0.1) is 5.41 Å². The molecular formula is C58H45N. The van der Waals surface area contributed by atoms with Gasteiger partial charge >= 0.3 is 0 Å². The number of hydrogen-bond donors (Lipinski definition) is 0. The lowest BCUT2D eigenvalue weighted by Crippen LogP contribution is -2.29. The standard InChI is InChI=1S/C58H45N/c1-57(2)53-22-12-9-19-49(53)52-38-31-43(39-56(52)57)42-29-36-48(37-30-42)59(46-17-7-4-8-18-46)47-34-27-41(28-35-47)40-25-32-45(33-26-40)58(44-15-5-3-6-16-44)54-23-13-10-20-50(54)51-21-11-14-24-55(51)58/h3-10,12-20,22-39H,11,21H2,1-2H3. The van der Waals surface area contributed by atoms with Crippen molar-refractivity contribution in [2.75, 3.05) is 4.90 Å². The van der Waals surface area contributed by atoms with Crippen molar-refractivity contribution in [1.29, 1.82) is 0 Å². The highest BCUT2D eigenvalue weighted by Crippen LogP contribution is 2.57. The predicted octanol–water partition coefficient (Wildman–Crippen LogP) is 15.2. The molecule has 1 unspecified atom stereocenters. The van der Waals surface area contributed by atoms with Crippen LogP contribution in [0.4, 0.5) is 17.1 Å². The molecule has 0 amide bonds. The average Bonchev–Trinajstić information content (AvgIpc) is 3.73. The summed E-state index contributed by atoms with van der Waals surface area (Å²) in [6.07, 6.45) is 6.93. The van der Waals surface area contributed by atoms with Gasteiger partial charge in [-0.05, 0) is 133 Å². The molecule has 0 radical (unpaired) electrons. The number of anilines is 3. The third kappa shape index (κ3) is 5.53. The van der Waals surface area contributed by atoms with Crippen LogP contribution in [0, 0.1) is 0 Å². The fourth-order valence-electron chi connectivity index (χ4n) is 10.4. The van der Waals surface area contributed by atoms with Crippen molar-refractivity contribution in [3.63, 3.8) is 0 Å². The molecule has 59 heavy (non-hydrogen) atoms. The van der Waals surface area contributed by atoms with Gasteiger partial charge < -0.3 is 4.90 Å². The summed E-state index contributed by atoms with van der Waals surface area (Å²) in [5, 5.41) is 0. The highest BCUT2D eigenvalue weighted by molar-refractivity contribution is 5.89. The first-order chi connectivity index (χ1) is 29.0. The number of nitrogens with zero attached hydrogens (tertiary/aromatic N) is 1. The first-order valence-corrected chi connectivity index (χ1v) is 21.0. The molecule has 0 aliphatic heterocycles. The summed E-state index contributed by atoms with van der Waals surface area (Å²) in [5.41, 5.74) is 21.7. The van der Waals surface area contributed by atoms with Gasteiger partial charge in [0.15, 0.2) is 0 Å². The summed E-state index contributed by atoms with van der Waals surface area (Å²) in [5.74, 6) is 0. The van der Waals surface area contributed by atoms with E-state index < -0.39 is 0 Å². The van der Waals surface area contributed by atoms with E-state index in [1.165, 1.54) is 77.9 Å². The first kappa shape index (κ1) is 35.2. The highest BCUT2D eigenvalue weighted by atomic mass is 15.1. The van der Waals surface area contributed by atoms with Crippen molar-refractivity contribution >= 4 is 22.6 Å². The molecule has 1 nitrogen and oxygen atoms in total. The smallest absolute Gasteiger partial charge is 0.0710 e.